The summed E-state index contributed by atoms with van der Waals surface area (Å²) in [6.45, 7) is 0. The number of rotatable bonds is 2. The largest absolute Gasteiger partial charge is 0.285 e. The van der Waals surface area contributed by atoms with Crippen LogP contribution in [0.2, 0.25) is 5.02 Å². The van der Waals surface area contributed by atoms with Gasteiger partial charge in [-0.2, -0.15) is 0 Å². The van der Waals surface area contributed by atoms with Crippen LogP contribution in [0, 0.1) is 0 Å². The molecule has 0 aromatic heterocycles. The Bertz CT molecular complexity index is 397. The first kappa shape index (κ1) is 9.22. The molecule has 64 valence electrons. The lowest BCUT2D eigenvalue weighted by Crippen LogP contribution is -2.00. The Kier molecular flexibility index (Phi) is 2.49. The third-order valence-corrected chi connectivity index (χ3v) is 2.65. The standard InChI is InChI=1S/C7H5ClO3S/c8-6-2-1-3-7(4-6)12(10,11)5-9/h1-5H. The highest BCUT2D eigenvalue weighted by atomic mass is 35.5. The smallest absolute Gasteiger partial charge is 0.238 e. The molecule has 5 heteroatoms. The van der Waals surface area contributed by atoms with Gasteiger partial charge in [0, 0.05) is 5.02 Å². The predicted molar refractivity (Wildman–Crippen MR) is 45.4 cm³/mol. The van der Waals surface area contributed by atoms with Crippen LogP contribution in [-0.2, 0) is 14.6 Å². The van der Waals surface area contributed by atoms with E-state index in [4.69, 9.17) is 11.6 Å². The molecule has 0 aliphatic rings. The lowest BCUT2D eigenvalue weighted by atomic mass is 10.4. The molecule has 0 aliphatic heterocycles. The Morgan fingerprint density at radius 3 is 2.50 bits per heavy atom. The quantitative estimate of drug-likeness (QED) is 0.683. The average Bonchev–Trinajstić information content (AvgIpc) is 2.05. The van der Waals surface area contributed by atoms with Crippen molar-refractivity contribution in [3.63, 3.8) is 0 Å². The van der Waals surface area contributed by atoms with E-state index < -0.39 is 9.84 Å². The van der Waals surface area contributed by atoms with E-state index in [-0.39, 0.29) is 15.5 Å². The van der Waals surface area contributed by atoms with Crippen molar-refractivity contribution in [2.24, 2.45) is 0 Å². The Balaban J connectivity index is 3.30. The summed E-state index contributed by atoms with van der Waals surface area (Å²) in [5.41, 5.74) is -0.0985. The van der Waals surface area contributed by atoms with E-state index in [0.717, 1.165) is 0 Å². The van der Waals surface area contributed by atoms with Crippen molar-refractivity contribution in [2.45, 2.75) is 4.90 Å². The molecule has 0 heterocycles. The second-order valence-electron chi connectivity index (χ2n) is 2.10. The summed E-state index contributed by atoms with van der Waals surface area (Å²) in [4.78, 5) is 10.0. The lowest BCUT2D eigenvalue weighted by molar-refractivity contribution is 0.556. The van der Waals surface area contributed by atoms with E-state index in [1.54, 1.807) is 0 Å². The highest BCUT2D eigenvalue weighted by molar-refractivity contribution is 8.04. The maximum Gasteiger partial charge on any atom is 0.238 e. The Morgan fingerprint density at radius 2 is 2.00 bits per heavy atom. The van der Waals surface area contributed by atoms with Crippen molar-refractivity contribution in [2.75, 3.05) is 0 Å². The van der Waals surface area contributed by atoms with E-state index in [1.165, 1.54) is 24.3 Å². The van der Waals surface area contributed by atoms with Crippen molar-refractivity contribution in [1.29, 1.82) is 0 Å². The van der Waals surface area contributed by atoms with Gasteiger partial charge in [-0.25, -0.2) is 8.42 Å². The third kappa shape index (κ3) is 1.84. The number of halogens is 1. The molecule has 0 bridgehead atoms. The molecular weight excluding hydrogens is 200 g/mol. The Hall–Kier alpha value is -0.870. The fourth-order valence-corrected chi connectivity index (χ4v) is 1.63. The molecule has 0 fully saturated rings. The van der Waals surface area contributed by atoms with Crippen LogP contribution in [0.1, 0.15) is 0 Å². The maximum absolute atomic E-state index is 10.9. The zero-order valence-electron chi connectivity index (χ0n) is 5.90. The van der Waals surface area contributed by atoms with E-state index in [1.807, 2.05) is 0 Å². The van der Waals surface area contributed by atoms with Crippen LogP contribution < -0.4 is 0 Å². The molecule has 0 unspecified atom stereocenters. The third-order valence-electron chi connectivity index (χ3n) is 1.25. The van der Waals surface area contributed by atoms with Gasteiger partial charge in [-0.15, -0.1) is 0 Å². The SMILES string of the molecule is O=CS(=O)(=O)c1cccc(Cl)c1. The van der Waals surface area contributed by atoms with Crippen molar-refractivity contribution in [3.8, 4) is 0 Å². The molecule has 0 atom stereocenters. The van der Waals surface area contributed by atoms with Crippen LogP contribution in [0.25, 0.3) is 0 Å². The van der Waals surface area contributed by atoms with Crippen LogP contribution in [0.3, 0.4) is 0 Å². The van der Waals surface area contributed by atoms with Crippen LogP contribution in [-0.4, -0.2) is 14.0 Å². The molecule has 0 radical (unpaired) electrons. The summed E-state index contributed by atoms with van der Waals surface area (Å²) in [7, 11) is -3.79. The van der Waals surface area contributed by atoms with Crippen LogP contribution in [0.4, 0.5) is 0 Å². The molecule has 3 nitrogen and oxygen atoms in total. The Morgan fingerprint density at radius 1 is 1.33 bits per heavy atom. The molecule has 1 aromatic carbocycles. The van der Waals surface area contributed by atoms with E-state index in [2.05, 4.69) is 0 Å². The summed E-state index contributed by atoms with van der Waals surface area (Å²) in [6.07, 6.45) is 0. The summed E-state index contributed by atoms with van der Waals surface area (Å²) in [5.74, 6) is 0. The summed E-state index contributed by atoms with van der Waals surface area (Å²) < 4.78 is 21.9. The highest BCUT2D eigenvalue weighted by Crippen LogP contribution is 2.14. The number of benzene rings is 1. The average molecular weight is 205 g/mol. The topological polar surface area (TPSA) is 51.2 Å². The van der Waals surface area contributed by atoms with Crippen LogP contribution in [0.5, 0.6) is 0 Å². The van der Waals surface area contributed by atoms with Gasteiger partial charge in [0.25, 0.3) is 0 Å². The molecule has 0 saturated carbocycles. The number of carbonyl (C=O) groups is 1. The molecule has 0 N–H and O–H groups in total. The molecule has 12 heavy (non-hydrogen) atoms. The molecule has 0 spiro atoms. The van der Waals surface area contributed by atoms with Gasteiger partial charge in [-0.1, -0.05) is 17.7 Å². The number of hydrogen-bond donors (Lipinski definition) is 0. The van der Waals surface area contributed by atoms with Crippen LogP contribution in [0.15, 0.2) is 29.2 Å². The summed E-state index contributed by atoms with van der Waals surface area (Å²) in [6, 6.07) is 5.55. The highest BCUT2D eigenvalue weighted by Gasteiger charge is 2.11. The van der Waals surface area contributed by atoms with E-state index in [9.17, 15) is 13.2 Å². The normalized spacial score (nSPS) is 11.1. The van der Waals surface area contributed by atoms with Gasteiger partial charge >= 0.3 is 0 Å². The monoisotopic (exact) mass is 204 g/mol. The molecular formula is C7H5ClO3S. The molecule has 1 aromatic rings. The zero-order chi connectivity index (χ0) is 9.19. The molecule has 0 amide bonds. The Labute approximate surface area is 74.9 Å². The first-order valence-electron chi connectivity index (χ1n) is 3.02. The second kappa shape index (κ2) is 3.25. The van der Waals surface area contributed by atoms with Crippen molar-refractivity contribution < 1.29 is 13.2 Å². The van der Waals surface area contributed by atoms with Gasteiger partial charge in [-0.3, -0.25) is 4.79 Å². The van der Waals surface area contributed by atoms with Crippen molar-refractivity contribution >= 4 is 27.1 Å². The van der Waals surface area contributed by atoms with Gasteiger partial charge in [0.05, 0.1) is 4.90 Å². The minimum absolute atomic E-state index is 0.0787. The molecule has 1 rings (SSSR count). The fraction of sp³-hybridized carbons (Fsp3) is 0. The van der Waals surface area contributed by atoms with E-state index >= 15 is 0 Å². The fourth-order valence-electron chi connectivity index (χ4n) is 0.700. The first-order chi connectivity index (χ1) is 5.56. The lowest BCUT2D eigenvalue weighted by Gasteiger charge is -1.95. The van der Waals surface area contributed by atoms with Crippen molar-refractivity contribution in [1.82, 2.24) is 0 Å². The number of hydrogen-bond acceptors (Lipinski definition) is 3. The molecule has 0 saturated heterocycles. The summed E-state index contributed by atoms with van der Waals surface area (Å²) in [5, 5.41) is 0.290. The van der Waals surface area contributed by atoms with Gasteiger partial charge in [0.2, 0.25) is 15.5 Å². The number of sulfone groups is 1. The van der Waals surface area contributed by atoms with Gasteiger partial charge < -0.3 is 0 Å². The van der Waals surface area contributed by atoms with Gasteiger partial charge in [0.15, 0.2) is 0 Å². The second-order valence-corrected chi connectivity index (χ2v) is 4.29. The maximum atomic E-state index is 10.9. The first-order valence-corrected chi connectivity index (χ1v) is 4.94. The summed E-state index contributed by atoms with van der Waals surface area (Å²) >= 11 is 5.53. The zero-order valence-corrected chi connectivity index (χ0v) is 7.47. The van der Waals surface area contributed by atoms with Gasteiger partial charge in [0.1, 0.15) is 0 Å². The molecule has 0 aliphatic carbocycles. The van der Waals surface area contributed by atoms with Crippen molar-refractivity contribution in [3.05, 3.63) is 29.3 Å². The predicted octanol–water partition coefficient (Wildman–Crippen LogP) is 1.30. The minimum atomic E-state index is -3.79. The van der Waals surface area contributed by atoms with E-state index in [0.29, 0.717) is 0 Å². The van der Waals surface area contributed by atoms with Crippen LogP contribution >= 0.6 is 11.6 Å². The van der Waals surface area contributed by atoms with Gasteiger partial charge in [-0.05, 0) is 18.2 Å². The number of carbonyl (C=O) groups excluding carboxylic acids is 1. The minimum Gasteiger partial charge on any atom is -0.285 e.